The molecule has 0 aliphatic carbocycles. The molecule has 2 heterocycles. The number of thiazole rings is 1. The number of allylic oxidation sites excluding steroid dienone is 1. The Balaban J connectivity index is 1.82. The van der Waals surface area contributed by atoms with Crippen LogP contribution in [0, 0.1) is 0 Å². The lowest BCUT2D eigenvalue weighted by Crippen LogP contribution is -2.40. The first kappa shape index (κ1) is 31.6. The monoisotopic (exact) mass is 608 g/mol. The summed E-state index contributed by atoms with van der Waals surface area (Å²) in [5.41, 5.74) is 1.81. The molecule has 1 aliphatic heterocycles. The number of methoxy groups -OCH3 is 1. The summed E-state index contributed by atoms with van der Waals surface area (Å²) in [5.74, 6) is 0.321. The van der Waals surface area contributed by atoms with Gasteiger partial charge in [-0.05, 0) is 75.6 Å². The molecule has 0 saturated heterocycles. The van der Waals surface area contributed by atoms with Gasteiger partial charge in [-0.3, -0.25) is 9.36 Å². The van der Waals surface area contributed by atoms with E-state index >= 15 is 0 Å². The molecule has 0 fully saturated rings. The molecule has 11 heteroatoms. The lowest BCUT2D eigenvalue weighted by Gasteiger charge is -2.25. The number of hydrogen-bond acceptors (Lipinski definition) is 10. The first-order chi connectivity index (χ1) is 20.7. The molecule has 4 rings (SSSR count). The van der Waals surface area contributed by atoms with E-state index in [2.05, 4.69) is 16.7 Å². The van der Waals surface area contributed by atoms with Crippen molar-refractivity contribution in [3.05, 3.63) is 84.5 Å². The van der Waals surface area contributed by atoms with Gasteiger partial charge in [-0.1, -0.05) is 36.5 Å². The van der Waals surface area contributed by atoms with Crippen molar-refractivity contribution in [3.63, 3.8) is 0 Å². The average Bonchev–Trinajstić information content (AvgIpc) is 3.30. The van der Waals surface area contributed by atoms with Crippen LogP contribution in [0.25, 0.3) is 6.08 Å². The SMILES string of the molecule is CCOC(=O)C1=C(C)N=c2s/c(=C\c3ccc(O[C@@H](C)CC)cc3)c(=O)n2[C@H]1c1ccc(OCC(=O)OC)c(OCC)c1. The van der Waals surface area contributed by atoms with Crippen LogP contribution in [0.3, 0.4) is 0 Å². The maximum Gasteiger partial charge on any atom is 0.343 e. The molecule has 3 aromatic rings. The zero-order chi connectivity index (χ0) is 31.1. The van der Waals surface area contributed by atoms with Crippen molar-refractivity contribution in [3.8, 4) is 17.2 Å². The summed E-state index contributed by atoms with van der Waals surface area (Å²) in [6, 6.07) is 11.8. The summed E-state index contributed by atoms with van der Waals surface area (Å²) in [6.07, 6.45) is 2.79. The molecular weight excluding hydrogens is 572 g/mol. The maximum atomic E-state index is 13.9. The van der Waals surface area contributed by atoms with E-state index in [9.17, 15) is 14.4 Å². The van der Waals surface area contributed by atoms with Crippen LogP contribution in [0.15, 0.2) is 63.5 Å². The van der Waals surface area contributed by atoms with Crippen LogP contribution in [-0.4, -0.2) is 49.5 Å². The first-order valence-electron chi connectivity index (χ1n) is 14.1. The predicted molar refractivity (Wildman–Crippen MR) is 162 cm³/mol. The minimum Gasteiger partial charge on any atom is -0.491 e. The van der Waals surface area contributed by atoms with Gasteiger partial charge < -0.3 is 23.7 Å². The summed E-state index contributed by atoms with van der Waals surface area (Å²) >= 11 is 1.24. The average molecular weight is 609 g/mol. The molecule has 0 amide bonds. The molecule has 0 unspecified atom stereocenters. The molecule has 0 saturated carbocycles. The molecule has 0 bridgehead atoms. The second kappa shape index (κ2) is 14.2. The Hall–Kier alpha value is -4.38. The van der Waals surface area contributed by atoms with E-state index in [1.807, 2.05) is 38.1 Å². The molecule has 2 aromatic carbocycles. The van der Waals surface area contributed by atoms with E-state index in [4.69, 9.17) is 18.9 Å². The maximum absolute atomic E-state index is 13.9. The van der Waals surface area contributed by atoms with E-state index in [0.717, 1.165) is 17.7 Å². The normalized spacial score (nSPS) is 15.3. The van der Waals surface area contributed by atoms with Crippen LogP contribution in [0.5, 0.6) is 17.2 Å². The Morgan fingerprint density at radius 3 is 2.44 bits per heavy atom. The van der Waals surface area contributed by atoms with Crippen LogP contribution in [0.1, 0.15) is 58.2 Å². The molecule has 228 valence electrons. The third-order valence-electron chi connectivity index (χ3n) is 6.76. The number of nitrogens with zero attached hydrogens (tertiary/aromatic N) is 2. The highest BCUT2D eigenvalue weighted by Gasteiger charge is 2.34. The van der Waals surface area contributed by atoms with Crippen molar-refractivity contribution in [2.75, 3.05) is 26.9 Å². The number of fused-ring (bicyclic) bond motifs is 1. The number of benzene rings is 2. The number of carbonyl (C=O) groups excluding carboxylic acids is 2. The van der Waals surface area contributed by atoms with Gasteiger partial charge in [0.15, 0.2) is 22.9 Å². The quantitative estimate of drug-likeness (QED) is 0.284. The zero-order valence-electron chi connectivity index (χ0n) is 25.2. The highest BCUT2D eigenvalue weighted by atomic mass is 32.1. The van der Waals surface area contributed by atoms with E-state index in [0.29, 0.717) is 38.7 Å². The Labute approximate surface area is 253 Å². The van der Waals surface area contributed by atoms with Crippen molar-refractivity contribution in [1.29, 1.82) is 0 Å². The molecule has 0 radical (unpaired) electrons. The van der Waals surface area contributed by atoms with E-state index in [-0.39, 0.29) is 30.5 Å². The Morgan fingerprint density at radius 2 is 1.79 bits per heavy atom. The van der Waals surface area contributed by atoms with Crippen LogP contribution >= 0.6 is 11.3 Å². The Bertz CT molecular complexity index is 1690. The number of esters is 2. The standard InChI is InChI=1S/C32H36N2O8S/c1-7-19(4)42-23-13-10-21(11-14-23)16-26-30(36)34-29(28(31(37)40-9-3)20(5)33-32(34)43-26)22-12-15-24(25(17-22)39-8-2)41-18-27(35)38-6/h10-17,19,29H,7-9,18H2,1-6H3/b26-16-/t19-,29-/m0/s1. The number of ether oxygens (including phenoxy) is 5. The first-order valence-corrected chi connectivity index (χ1v) is 14.9. The summed E-state index contributed by atoms with van der Waals surface area (Å²) in [7, 11) is 1.28. The van der Waals surface area contributed by atoms with Crippen molar-refractivity contribution < 1.29 is 33.3 Å². The summed E-state index contributed by atoms with van der Waals surface area (Å²) < 4.78 is 29.3. The highest BCUT2D eigenvalue weighted by Crippen LogP contribution is 2.36. The number of rotatable bonds is 12. The van der Waals surface area contributed by atoms with Gasteiger partial charge in [-0.25, -0.2) is 14.6 Å². The van der Waals surface area contributed by atoms with E-state index < -0.39 is 18.0 Å². The third kappa shape index (κ3) is 7.16. The Morgan fingerprint density at radius 1 is 1.05 bits per heavy atom. The molecule has 1 aliphatic rings. The fourth-order valence-electron chi connectivity index (χ4n) is 4.49. The zero-order valence-corrected chi connectivity index (χ0v) is 26.0. The second-order valence-electron chi connectivity index (χ2n) is 9.71. The van der Waals surface area contributed by atoms with E-state index in [1.165, 1.54) is 23.0 Å². The van der Waals surface area contributed by atoms with Crippen LogP contribution in [-0.2, 0) is 19.1 Å². The van der Waals surface area contributed by atoms with Crippen LogP contribution in [0.4, 0.5) is 0 Å². The third-order valence-corrected chi connectivity index (χ3v) is 7.75. The molecule has 10 nitrogen and oxygen atoms in total. The number of aromatic nitrogens is 1. The fourth-order valence-corrected chi connectivity index (χ4v) is 5.54. The fraction of sp³-hybridized carbons (Fsp3) is 0.375. The van der Waals surface area contributed by atoms with Gasteiger partial charge in [0, 0.05) is 0 Å². The topological polar surface area (TPSA) is 115 Å². The molecule has 2 atom stereocenters. The molecule has 0 N–H and O–H groups in total. The molecule has 0 spiro atoms. The van der Waals surface area contributed by atoms with Crippen molar-refractivity contribution in [2.45, 2.75) is 53.2 Å². The Kier molecular flexibility index (Phi) is 10.4. The minimum atomic E-state index is -0.836. The van der Waals surface area contributed by atoms with Gasteiger partial charge >= 0.3 is 11.9 Å². The molecule has 43 heavy (non-hydrogen) atoms. The van der Waals surface area contributed by atoms with Crippen LogP contribution in [0.2, 0.25) is 0 Å². The molecule has 1 aromatic heterocycles. The van der Waals surface area contributed by atoms with Gasteiger partial charge in [0.2, 0.25) is 0 Å². The van der Waals surface area contributed by atoms with Gasteiger partial charge in [0.25, 0.3) is 5.56 Å². The summed E-state index contributed by atoms with van der Waals surface area (Å²) in [6.45, 7) is 9.52. The lowest BCUT2D eigenvalue weighted by atomic mass is 9.95. The summed E-state index contributed by atoms with van der Waals surface area (Å²) in [4.78, 5) is 43.9. The van der Waals surface area contributed by atoms with Gasteiger partial charge in [-0.15, -0.1) is 0 Å². The second-order valence-corrected chi connectivity index (χ2v) is 10.7. The van der Waals surface area contributed by atoms with E-state index in [1.54, 1.807) is 38.1 Å². The van der Waals surface area contributed by atoms with Crippen LogP contribution < -0.4 is 29.1 Å². The van der Waals surface area contributed by atoms with Gasteiger partial charge in [0.05, 0.1) is 48.3 Å². The van der Waals surface area contributed by atoms with Crippen molar-refractivity contribution in [1.82, 2.24) is 4.57 Å². The largest absolute Gasteiger partial charge is 0.491 e. The smallest absolute Gasteiger partial charge is 0.343 e. The minimum absolute atomic E-state index is 0.100. The van der Waals surface area contributed by atoms with Gasteiger partial charge in [0.1, 0.15) is 5.75 Å². The van der Waals surface area contributed by atoms with Crippen molar-refractivity contribution >= 4 is 29.4 Å². The summed E-state index contributed by atoms with van der Waals surface area (Å²) in [5, 5.41) is 0. The van der Waals surface area contributed by atoms with Crippen molar-refractivity contribution in [2.24, 2.45) is 4.99 Å². The highest BCUT2D eigenvalue weighted by molar-refractivity contribution is 7.07. The molecular formula is C32H36N2O8S. The van der Waals surface area contributed by atoms with Gasteiger partial charge in [-0.2, -0.15) is 0 Å². The predicted octanol–water partition coefficient (Wildman–Crippen LogP) is 3.93. The number of hydrogen-bond donors (Lipinski definition) is 0. The number of carbonyl (C=O) groups is 2. The lowest BCUT2D eigenvalue weighted by molar-refractivity contribution is -0.143.